The smallest absolute Gasteiger partial charge is 0.137 e. The highest BCUT2D eigenvalue weighted by molar-refractivity contribution is 5.72. The van der Waals surface area contributed by atoms with E-state index in [9.17, 15) is 0 Å². The molecule has 1 saturated heterocycles. The fourth-order valence-electron chi connectivity index (χ4n) is 4.02. The van der Waals surface area contributed by atoms with Crippen LogP contribution >= 0.6 is 0 Å². The molecule has 2 aromatic heterocycles. The third-order valence-electron chi connectivity index (χ3n) is 5.89. The predicted octanol–water partition coefficient (Wildman–Crippen LogP) is 4.29. The molecule has 5 rings (SSSR count). The minimum atomic E-state index is 0.662. The minimum absolute atomic E-state index is 0.662. The van der Waals surface area contributed by atoms with Crippen molar-refractivity contribution in [2.24, 2.45) is 0 Å². The summed E-state index contributed by atoms with van der Waals surface area (Å²) >= 11 is 0. The number of hydrogen-bond donors (Lipinski definition) is 0. The van der Waals surface area contributed by atoms with Crippen LogP contribution in [0.15, 0.2) is 73.1 Å². The topological polar surface area (TPSA) is 47.6 Å². The number of aromatic nitrogens is 2. The van der Waals surface area contributed by atoms with Gasteiger partial charge in [0.05, 0.1) is 23.5 Å². The van der Waals surface area contributed by atoms with Crippen molar-refractivity contribution in [3.63, 3.8) is 0 Å². The van der Waals surface area contributed by atoms with Crippen molar-refractivity contribution >= 4 is 11.3 Å². The third-order valence-corrected chi connectivity index (χ3v) is 5.89. The molecule has 0 atom stereocenters. The number of nitrogens with zero attached hydrogens (tertiary/aromatic N) is 5. The highest BCUT2D eigenvalue weighted by Gasteiger charge is 2.14. The molecule has 3 heterocycles. The van der Waals surface area contributed by atoms with Gasteiger partial charge in [-0.25, -0.2) is 4.98 Å². The fraction of sp³-hybridized carbons (Fsp3) is 0.200. The molecule has 0 radical (unpaired) electrons. The summed E-state index contributed by atoms with van der Waals surface area (Å²) in [6, 6.07) is 22.9. The number of anilines is 1. The van der Waals surface area contributed by atoms with Gasteiger partial charge in [-0.2, -0.15) is 5.26 Å². The van der Waals surface area contributed by atoms with E-state index in [1.807, 2.05) is 30.5 Å². The van der Waals surface area contributed by atoms with Gasteiger partial charge in [0.15, 0.2) is 0 Å². The SMILES string of the molecule is CN1CCN(c2ccc(-c3ccn4c(-c5ccc(C#N)cc5)cnc4c3)cc2)CC1. The number of piperazine rings is 1. The maximum Gasteiger partial charge on any atom is 0.137 e. The van der Waals surface area contributed by atoms with Crippen molar-refractivity contribution in [3.8, 4) is 28.5 Å². The first-order valence-corrected chi connectivity index (χ1v) is 10.2. The second-order valence-electron chi connectivity index (χ2n) is 7.81. The van der Waals surface area contributed by atoms with Gasteiger partial charge in [0, 0.05) is 43.6 Å². The zero-order valence-corrected chi connectivity index (χ0v) is 17.0. The maximum atomic E-state index is 9.00. The lowest BCUT2D eigenvalue weighted by Gasteiger charge is -2.34. The monoisotopic (exact) mass is 393 g/mol. The number of fused-ring (bicyclic) bond motifs is 1. The van der Waals surface area contributed by atoms with Crippen molar-refractivity contribution in [3.05, 3.63) is 78.6 Å². The molecule has 2 aromatic carbocycles. The van der Waals surface area contributed by atoms with Crippen molar-refractivity contribution in [1.29, 1.82) is 5.26 Å². The number of pyridine rings is 1. The van der Waals surface area contributed by atoms with Gasteiger partial charge in [0.1, 0.15) is 5.65 Å². The van der Waals surface area contributed by atoms with Gasteiger partial charge in [-0.3, -0.25) is 4.40 Å². The summed E-state index contributed by atoms with van der Waals surface area (Å²) in [5.74, 6) is 0. The molecule has 0 N–H and O–H groups in total. The van der Waals surface area contributed by atoms with Crippen molar-refractivity contribution in [2.45, 2.75) is 0 Å². The average Bonchev–Trinajstić information content (AvgIpc) is 3.23. The van der Waals surface area contributed by atoms with E-state index < -0.39 is 0 Å². The van der Waals surface area contributed by atoms with E-state index in [0.717, 1.165) is 48.6 Å². The summed E-state index contributed by atoms with van der Waals surface area (Å²) in [6.45, 7) is 4.38. The number of hydrogen-bond acceptors (Lipinski definition) is 4. The van der Waals surface area contributed by atoms with Crippen LogP contribution in [0.4, 0.5) is 5.69 Å². The fourth-order valence-corrected chi connectivity index (χ4v) is 4.02. The molecule has 1 aliphatic heterocycles. The summed E-state index contributed by atoms with van der Waals surface area (Å²) in [7, 11) is 2.18. The Hall–Kier alpha value is -3.62. The zero-order valence-electron chi connectivity index (χ0n) is 17.0. The van der Waals surface area contributed by atoms with E-state index in [1.165, 1.54) is 11.3 Å². The molecular formula is C25H23N5. The van der Waals surface area contributed by atoms with E-state index in [2.05, 4.69) is 74.9 Å². The lowest BCUT2D eigenvalue weighted by Crippen LogP contribution is -2.44. The Kier molecular flexibility index (Phi) is 4.70. The Morgan fingerprint density at radius 3 is 2.23 bits per heavy atom. The van der Waals surface area contributed by atoms with E-state index >= 15 is 0 Å². The van der Waals surface area contributed by atoms with Gasteiger partial charge in [-0.05, 0) is 54.6 Å². The molecule has 5 nitrogen and oxygen atoms in total. The van der Waals surface area contributed by atoms with E-state index in [4.69, 9.17) is 5.26 Å². The second-order valence-corrected chi connectivity index (χ2v) is 7.81. The Morgan fingerprint density at radius 2 is 1.53 bits per heavy atom. The molecule has 1 aliphatic rings. The van der Waals surface area contributed by atoms with E-state index in [1.54, 1.807) is 0 Å². The highest BCUT2D eigenvalue weighted by Crippen LogP contribution is 2.27. The van der Waals surface area contributed by atoms with Crippen LogP contribution in [0.1, 0.15) is 5.56 Å². The summed E-state index contributed by atoms with van der Waals surface area (Å²) in [6.07, 6.45) is 3.95. The lowest BCUT2D eigenvalue weighted by molar-refractivity contribution is 0.313. The van der Waals surface area contributed by atoms with Gasteiger partial charge in [-0.1, -0.05) is 24.3 Å². The Morgan fingerprint density at radius 1 is 0.833 bits per heavy atom. The standard InChI is InChI=1S/C25H23N5/c1-28-12-14-29(15-13-28)23-8-6-20(7-9-23)22-10-11-30-24(18-27-25(30)16-22)21-4-2-19(17-26)3-5-21/h2-11,16,18H,12-15H2,1H3. The predicted molar refractivity (Wildman–Crippen MR) is 120 cm³/mol. The number of likely N-dealkylation sites (N-methyl/N-ethyl adjacent to an activating group) is 1. The molecule has 148 valence electrons. The summed E-state index contributed by atoms with van der Waals surface area (Å²) < 4.78 is 2.09. The van der Waals surface area contributed by atoms with Gasteiger partial charge in [0.2, 0.25) is 0 Å². The van der Waals surface area contributed by atoms with Crippen LogP contribution in [-0.2, 0) is 0 Å². The van der Waals surface area contributed by atoms with Crippen LogP contribution in [0.3, 0.4) is 0 Å². The molecule has 0 bridgehead atoms. The van der Waals surface area contributed by atoms with Crippen LogP contribution in [0.5, 0.6) is 0 Å². The van der Waals surface area contributed by atoms with E-state index in [0.29, 0.717) is 5.56 Å². The maximum absolute atomic E-state index is 9.00. The van der Waals surface area contributed by atoms with Crippen LogP contribution in [0, 0.1) is 11.3 Å². The second kappa shape index (κ2) is 7.66. The van der Waals surface area contributed by atoms with Crippen LogP contribution in [-0.4, -0.2) is 47.5 Å². The summed E-state index contributed by atoms with van der Waals surface area (Å²) in [5.41, 5.74) is 7.28. The van der Waals surface area contributed by atoms with Crippen LogP contribution < -0.4 is 4.90 Å². The van der Waals surface area contributed by atoms with Crippen molar-refractivity contribution in [2.75, 3.05) is 38.1 Å². The molecule has 1 fully saturated rings. The first-order chi connectivity index (χ1) is 14.7. The largest absolute Gasteiger partial charge is 0.369 e. The number of benzene rings is 2. The molecule has 4 aromatic rings. The quantitative estimate of drug-likeness (QED) is 0.521. The van der Waals surface area contributed by atoms with Crippen LogP contribution in [0.2, 0.25) is 0 Å². The Balaban J connectivity index is 1.41. The van der Waals surface area contributed by atoms with Gasteiger partial charge in [0.25, 0.3) is 0 Å². The van der Waals surface area contributed by atoms with Gasteiger partial charge < -0.3 is 9.80 Å². The summed E-state index contributed by atoms with van der Waals surface area (Å²) in [5, 5.41) is 9.00. The average molecular weight is 393 g/mol. The van der Waals surface area contributed by atoms with Crippen LogP contribution in [0.25, 0.3) is 28.0 Å². The first kappa shape index (κ1) is 18.4. The molecular weight excluding hydrogens is 370 g/mol. The number of rotatable bonds is 3. The van der Waals surface area contributed by atoms with Crippen molar-refractivity contribution in [1.82, 2.24) is 14.3 Å². The van der Waals surface area contributed by atoms with E-state index in [-0.39, 0.29) is 0 Å². The first-order valence-electron chi connectivity index (χ1n) is 10.2. The number of nitriles is 1. The molecule has 0 saturated carbocycles. The van der Waals surface area contributed by atoms with Gasteiger partial charge in [-0.15, -0.1) is 0 Å². The summed E-state index contributed by atoms with van der Waals surface area (Å²) in [4.78, 5) is 9.43. The normalized spacial score (nSPS) is 14.7. The number of imidazole rings is 1. The highest BCUT2D eigenvalue weighted by atomic mass is 15.2. The third kappa shape index (κ3) is 3.42. The Labute approximate surface area is 176 Å². The van der Waals surface area contributed by atoms with Gasteiger partial charge >= 0.3 is 0 Å². The molecule has 0 unspecified atom stereocenters. The zero-order chi connectivity index (χ0) is 20.5. The molecule has 30 heavy (non-hydrogen) atoms. The molecule has 0 amide bonds. The molecule has 5 heteroatoms. The minimum Gasteiger partial charge on any atom is -0.369 e. The molecule has 0 spiro atoms. The Bertz CT molecular complexity index is 1210. The lowest BCUT2D eigenvalue weighted by atomic mass is 10.1. The molecule has 0 aliphatic carbocycles. The van der Waals surface area contributed by atoms with Crippen molar-refractivity contribution < 1.29 is 0 Å².